The second kappa shape index (κ2) is 6.86. The molecule has 2 nitrogen and oxygen atoms in total. The minimum atomic E-state index is -0.154. The van der Waals surface area contributed by atoms with Crippen LogP contribution in [0.2, 0.25) is 0 Å². The van der Waals surface area contributed by atoms with Gasteiger partial charge in [0.1, 0.15) is 5.82 Å². The van der Waals surface area contributed by atoms with Gasteiger partial charge in [-0.25, -0.2) is 4.39 Å². The smallest absolute Gasteiger partial charge is 0.123 e. The van der Waals surface area contributed by atoms with Gasteiger partial charge < -0.3 is 10.2 Å². The van der Waals surface area contributed by atoms with E-state index in [1.165, 1.54) is 45.0 Å². The molecule has 1 fully saturated rings. The van der Waals surface area contributed by atoms with Gasteiger partial charge in [-0.05, 0) is 70.1 Å². The molecule has 0 spiro atoms. The summed E-state index contributed by atoms with van der Waals surface area (Å²) in [6.45, 7) is 6.79. The summed E-state index contributed by atoms with van der Waals surface area (Å²) in [5, 5.41) is 3.46. The van der Waals surface area contributed by atoms with Crippen LogP contribution in [0.15, 0.2) is 24.3 Å². The summed E-state index contributed by atoms with van der Waals surface area (Å²) in [6, 6.07) is 7.06. The Morgan fingerprint density at radius 2 is 2.11 bits per heavy atom. The Bertz CT molecular complexity index is 361. The molecule has 0 saturated carbocycles. The van der Waals surface area contributed by atoms with Crippen molar-refractivity contribution in [1.29, 1.82) is 0 Å². The van der Waals surface area contributed by atoms with Crippen LogP contribution >= 0.6 is 0 Å². The van der Waals surface area contributed by atoms with Gasteiger partial charge in [-0.2, -0.15) is 0 Å². The second-order valence-corrected chi connectivity index (χ2v) is 5.13. The zero-order valence-electron chi connectivity index (χ0n) is 11.2. The van der Waals surface area contributed by atoms with Crippen LogP contribution < -0.4 is 5.32 Å². The minimum Gasteiger partial charge on any atom is -0.310 e. The van der Waals surface area contributed by atoms with Gasteiger partial charge in [0, 0.05) is 6.04 Å². The fourth-order valence-corrected chi connectivity index (χ4v) is 2.52. The van der Waals surface area contributed by atoms with E-state index in [4.69, 9.17) is 0 Å². The van der Waals surface area contributed by atoms with Crippen LogP contribution in [0, 0.1) is 5.82 Å². The quantitative estimate of drug-likeness (QED) is 0.781. The van der Waals surface area contributed by atoms with Crippen molar-refractivity contribution >= 4 is 0 Å². The van der Waals surface area contributed by atoms with E-state index in [1.54, 1.807) is 12.1 Å². The van der Waals surface area contributed by atoms with Gasteiger partial charge in [-0.15, -0.1) is 0 Å². The normalized spacial score (nSPS) is 18.1. The molecule has 1 atom stereocenters. The number of halogens is 1. The third-order valence-corrected chi connectivity index (χ3v) is 3.65. The summed E-state index contributed by atoms with van der Waals surface area (Å²) < 4.78 is 13.1. The largest absolute Gasteiger partial charge is 0.310 e. The van der Waals surface area contributed by atoms with Gasteiger partial charge in [0.15, 0.2) is 0 Å². The molecule has 0 aliphatic carbocycles. The molecule has 0 aromatic heterocycles. The fourth-order valence-electron chi connectivity index (χ4n) is 2.52. The summed E-state index contributed by atoms with van der Waals surface area (Å²) in [5.74, 6) is -0.154. The first-order valence-electron chi connectivity index (χ1n) is 6.97. The highest BCUT2D eigenvalue weighted by molar-refractivity contribution is 5.19. The molecule has 0 bridgehead atoms. The molecule has 0 amide bonds. The van der Waals surface area contributed by atoms with E-state index >= 15 is 0 Å². The summed E-state index contributed by atoms with van der Waals surface area (Å²) in [5.41, 5.74) is 1.02. The van der Waals surface area contributed by atoms with E-state index in [-0.39, 0.29) is 11.9 Å². The van der Waals surface area contributed by atoms with E-state index in [9.17, 15) is 4.39 Å². The SMILES string of the molecule is CC(NCCCN1CCCC1)c1cccc(F)c1. The maximum absolute atomic E-state index is 13.1. The topological polar surface area (TPSA) is 15.3 Å². The summed E-state index contributed by atoms with van der Waals surface area (Å²) in [6.07, 6.45) is 3.87. The lowest BCUT2D eigenvalue weighted by Gasteiger charge is -2.17. The van der Waals surface area contributed by atoms with E-state index < -0.39 is 0 Å². The third kappa shape index (κ3) is 4.07. The molecule has 2 rings (SSSR count). The highest BCUT2D eigenvalue weighted by Gasteiger charge is 2.10. The molecule has 1 N–H and O–H groups in total. The number of nitrogens with zero attached hydrogens (tertiary/aromatic N) is 1. The molecule has 1 aliphatic heterocycles. The Morgan fingerprint density at radius 3 is 2.83 bits per heavy atom. The summed E-state index contributed by atoms with van der Waals surface area (Å²) in [4.78, 5) is 2.52. The van der Waals surface area contributed by atoms with Crippen molar-refractivity contribution in [3.63, 3.8) is 0 Å². The second-order valence-electron chi connectivity index (χ2n) is 5.13. The lowest BCUT2D eigenvalue weighted by Crippen LogP contribution is -2.26. The van der Waals surface area contributed by atoms with Crippen LogP contribution in [0.3, 0.4) is 0 Å². The van der Waals surface area contributed by atoms with E-state index in [0.29, 0.717) is 0 Å². The molecule has 1 aliphatic rings. The first-order valence-corrected chi connectivity index (χ1v) is 6.97. The number of likely N-dealkylation sites (tertiary alicyclic amines) is 1. The van der Waals surface area contributed by atoms with Gasteiger partial charge >= 0.3 is 0 Å². The van der Waals surface area contributed by atoms with Crippen molar-refractivity contribution in [3.8, 4) is 0 Å². The zero-order chi connectivity index (χ0) is 12.8. The predicted molar refractivity (Wildman–Crippen MR) is 73.1 cm³/mol. The van der Waals surface area contributed by atoms with Gasteiger partial charge in [0.05, 0.1) is 0 Å². The Morgan fingerprint density at radius 1 is 1.33 bits per heavy atom. The maximum Gasteiger partial charge on any atom is 0.123 e. The van der Waals surface area contributed by atoms with Crippen LogP contribution in [0.1, 0.15) is 37.8 Å². The van der Waals surface area contributed by atoms with Crippen molar-refractivity contribution in [3.05, 3.63) is 35.6 Å². The van der Waals surface area contributed by atoms with E-state index in [0.717, 1.165) is 12.1 Å². The Hall–Kier alpha value is -0.930. The van der Waals surface area contributed by atoms with Crippen LogP contribution in [-0.2, 0) is 0 Å². The lowest BCUT2D eigenvalue weighted by molar-refractivity contribution is 0.328. The molecule has 3 heteroatoms. The average molecular weight is 250 g/mol. The molecule has 0 radical (unpaired) electrons. The zero-order valence-corrected chi connectivity index (χ0v) is 11.2. The molecule has 18 heavy (non-hydrogen) atoms. The number of hydrogen-bond donors (Lipinski definition) is 1. The highest BCUT2D eigenvalue weighted by atomic mass is 19.1. The predicted octanol–water partition coefficient (Wildman–Crippen LogP) is 2.96. The Kier molecular flexibility index (Phi) is 5.14. The Balaban J connectivity index is 1.66. The molecule has 1 unspecified atom stereocenters. The maximum atomic E-state index is 13.1. The number of hydrogen-bond acceptors (Lipinski definition) is 2. The van der Waals surface area contributed by atoms with Crippen LogP contribution in [0.4, 0.5) is 4.39 Å². The van der Waals surface area contributed by atoms with Crippen LogP contribution in [-0.4, -0.2) is 31.1 Å². The van der Waals surface area contributed by atoms with Crippen molar-refractivity contribution in [2.45, 2.75) is 32.2 Å². The molecule has 1 heterocycles. The van der Waals surface area contributed by atoms with Gasteiger partial charge in [0.2, 0.25) is 0 Å². The monoisotopic (exact) mass is 250 g/mol. The van der Waals surface area contributed by atoms with E-state index in [2.05, 4.69) is 17.1 Å². The van der Waals surface area contributed by atoms with Crippen LogP contribution in [0.5, 0.6) is 0 Å². The van der Waals surface area contributed by atoms with E-state index in [1.807, 2.05) is 6.07 Å². The molecule has 1 aromatic rings. The van der Waals surface area contributed by atoms with Crippen molar-refractivity contribution in [2.75, 3.05) is 26.2 Å². The molecule has 100 valence electrons. The summed E-state index contributed by atoms with van der Waals surface area (Å²) in [7, 11) is 0. The molecule has 1 aromatic carbocycles. The van der Waals surface area contributed by atoms with Crippen LogP contribution in [0.25, 0.3) is 0 Å². The molecular weight excluding hydrogens is 227 g/mol. The fraction of sp³-hybridized carbons (Fsp3) is 0.600. The average Bonchev–Trinajstić information content (AvgIpc) is 2.87. The molecule has 1 saturated heterocycles. The minimum absolute atomic E-state index is 0.154. The van der Waals surface area contributed by atoms with Crippen molar-refractivity contribution in [1.82, 2.24) is 10.2 Å². The van der Waals surface area contributed by atoms with Crippen molar-refractivity contribution < 1.29 is 4.39 Å². The summed E-state index contributed by atoms with van der Waals surface area (Å²) >= 11 is 0. The number of benzene rings is 1. The molecular formula is C15H23FN2. The standard InChI is InChI=1S/C15H23FN2/c1-13(14-6-4-7-15(16)12-14)17-8-5-11-18-9-2-3-10-18/h4,6-7,12-13,17H,2-3,5,8-11H2,1H3. The first kappa shape index (κ1) is 13.5. The number of rotatable bonds is 6. The van der Waals surface area contributed by atoms with Gasteiger partial charge in [0.25, 0.3) is 0 Å². The van der Waals surface area contributed by atoms with Gasteiger partial charge in [-0.3, -0.25) is 0 Å². The number of nitrogens with one attached hydrogen (secondary N) is 1. The third-order valence-electron chi connectivity index (χ3n) is 3.65. The van der Waals surface area contributed by atoms with Gasteiger partial charge in [-0.1, -0.05) is 12.1 Å². The highest BCUT2D eigenvalue weighted by Crippen LogP contribution is 2.13. The lowest BCUT2D eigenvalue weighted by atomic mass is 10.1. The van der Waals surface area contributed by atoms with Crippen molar-refractivity contribution in [2.24, 2.45) is 0 Å². The Labute approximate surface area is 109 Å². The first-order chi connectivity index (χ1) is 8.75.